The van der Waals surface area contributed by atoms with Crippen molar-refractivity contribution in [2.75, 3.05) is 4.90 Å². The van der Waals surface area contributed by atoms with E-state index in [0.29, 0.717) is 27.8 Å². The van der Waals surface area contributed by atoms with Crippen LogP contribution < -0.4 is 4.90 Å². The van der Waals surface area contributed by atoms with Gasteiger partial charge in [0.15, 0.2) is 5.13 Å². The molecule has 4 nitrogen and oxygen atoms in total. The summed E-state index contributed by atoms with van der Waals surface area (Å²) in [6.07, 6.45) is 1.73. The molecule has 0 aliphatic heterocycles. The third kappa shape index (κ3) is 3.63. The van der Waals surface area contributed by atoms with E-state index in [-0.39, 0.29) is 5.91 Å². The Bertz CT molecular complexity index is 1160. The molecule has 0 saturated heterocycles. The summed E-state index contributed by atoms with van der Waals surface area (Å²) in [5, 5.41) is 1.19. The molecule has 0 fully saturated rings. The van der Waals surface area contributed by atoms with Crippen molar-refractivity contribution in [3.05, 3.63) is 88.2 Å². The van der Waals surface area contributed by atoms with E-state index in [1.54, 1.807) is 11.1 Å². The fourth-order valence-corrected chi connectivity index (χ4v) is 4.36. The number of hydrogen-bond donors (Lipinski definition) is 0. The molecule has 0 atom stereocenters. The minimum Gasteiger partial charge on any atom is -0.278 e. The monoisotopic (exact) mass is 407 g/mol. The molecule has 1 amide bonds. The number of aryl methyl sites for hydroxylation is 2. The van der Waals surface area contributed by atoms with Gasteiger partial charge in [0.2, 0.25) is 0 Å². The van der Waals surface area contributed by atoms with Crippen molar-refractivity contribution < 1.29 is 4.79 Å². The Balaban J connectivity index is 1.80. The largest absolute Gasteiger partial charge is 0.278 e. The van der Waals surface area contributed by atoms with Gasteiger partial charge in [-0.2, -0.15) is 0 Å². The fourth-order valence-electron chi connectivity index (χ4n) is 3.10. The lowest BCUT2D eigenvalue weighted by atomic mass is 10.0. The second-order valence-corrected chi connectivity index (χ2v) is 8.03. The number of thiazole rings is 1. The lowest BCUT2D eigenvalue weighted by molar-refractivity contribution is 0.0984. The number of pyridine rings is 1. The van der Waals surface area contributed by atoms with E-state index in [2.05, 4.69) is 9.97 Å². The Morgan fingerprint density at radius 1 is 1.11 bits per heavy atom. The number of nitrogens with zero attached hydrogens (tertiary/aromatic N) is 3. The molecule has 0 radical (unpaired) electrons. The van der Waals surface area contributed by atoms with Gasteiger partial charge in [0.25, 0.3) is 5.91 Å². The van der Waals surface area contributed by atoms with Crippen LogP contribution in [0.1, 0.15) is 27.2 Å². The van der Waals surface area contributed by atoms with Crippen molar-refractivity contribution in [3.8, 4) is 0 Å². The minimum absolute atomic E-state index is 0.0988. The van der Waals surface area contributed by atoms with E-state index in [0.717, 1.165) is 21.5 Å². The van der Waals surface area contributed by atoms with Crippen molar-refractivity contribution in [1.29, 1.82) is 0 Å². The molecule has 4 rings (SSSR count). The van der Waals surface area contributed by atoms with Crippen LogP contribution in [-0.4, -0.2) is 15.9 Å². The number of carbonyl (C=O) groups excluding carboxylic acids is 1. The molecule has 140 valence electrons. The number of benzene rings is 2. The molecule has 0 aliphatic carbocycles. The predicted molar refractivity (Wildman–Crippen MR) is 115 cm³/mol. The van der Waals surface area contributed by atoms with E-state index in [1.807, 2.05) is 68.4 Å². The van der Waals surface area contributed by atoms with Gasteiger partial charge in [-0.15, -0.1) is 0 Å². The second-order valence-electron chi connectivity index (χ2n) is 6.61. The number of anilines is 1. The molecule has 0 unspecified atom stereocenters. The lowest BCUT2D eigenvalue weighted by Gasteiger charge is -2.20. The van der Waals surface area contributed by atoms with Crippen molar-refractivity contribution in [1.82, 2.24) is 9.97 Å². The van der Waals surface area contributed by atoms with Crippen LogP contribution in [0.2, 0.25) is 5.02 Å². The van der Waals surface area contributed by atoms with Gasteiger partial charge in [-0.05, 0) is 49.7 Å². The molecule has 6 heteroatoms. The molecule has 0 bridgehead atoms. The van der Waals surface area contributed by atoms with Gasteiger partial charge < -0.3 is 0 Å². The summed E-state index contributed by atoms with van der Waals surface area (Å²) in [5.41, 5.74) is 4.23. The average molecular weight is 408 g/mol. The third-order valence-corrected chi connectivity index (χ3v) is 5.84. The van der Waals surface area contributed by atoms with Gasteiger partial charge in [0.1, 0.15) is 5.52 Å². The van der Waals surface area contributed by atoms with E-state index < -0.39 is 0 Å². The normalized spacial score (nSPS) is 11.0. The number of fused-ring (bicyclic) bond motifs is 1. The Morgan fingerprint density at radius 2 is 1.96 bits per heavy atom. The molecule has 0 N–H and O–H groups in total. The minimum atomic E-state index is -0.0988. The summed E-state index contributed by atoms with van der Waals surface area (Å²) in [6, 6.07) is 17.2. The molecular formula is C22H18ClN3OS. The molecule has 28 heavy (non-hydrogen) atoms. The maximum Gasteiger partial charge on any atom is 0.260 e. The Kier molecular flexibility index (Phi) is 5.11. The maximum absolute atomic E-state index is 13.5. The Labute approximate surface area is 172 Å². The smallest absolute Gasteiger partial charge is 0.260 e. The van der Waals surface area contributed by atoms with E-state index in [4.69, 9.17) is 11.6 Å². The predicted octanol–water partition coefficient (Wildman–Crippen LogP) is 5.81. The summed E-state index contributed by atoms with van der Waals surface area (Å²) >= 11 is 7.76. The van der Waals surface area contributed by atoms with E-state index in [9.17, 15) is 4.79 Å². The highest BCUT2D eigenvalue weighted by Crippen LogP contribution is 2.34. The molecule has 2 aromatic heterocycles. The van der Waals surface area contributed by atoms with Crippen LogP contribution in [0.3, 0.4) is 0 Å². The number of halogens is 1. The molecule has 0 aliphatic rings. The number of aromatic nitrogens is 2. The van der Waals surface area contributed by atoms with Crippen molar-refractivity contribution >= 4 is 44.2 Å². The summed E-state index contributed by atoms with van der Waals surface area (Å²) < 4.78 is 0.946. The Morgan fingerprint density at radius 3 is 2.68 bits per heavy atom. The first-order chi connectivity index (χ1) is 13.5. The highest BCUT2D eigenvalue weighted by Gasteiger charge is 2.24. The van der Waals surface area contributed by atoms with Crippen LogP contribution in [-0.2, 0) is 6.54 Å². The van der Waals surface area contributed by atoms with Crippen LogP contribution in [0, 0.1) is 13.8 Å². The first-order valence-corrected chi connectivity index (χ1v) is 10.1. The van der Waals surface area contributed by atoms with Gasteiger partial charge >= 0.3 is 0 Å². The summed E-state index contributed by atoms with van der Waals surface area (Å²) in [5.74, 6) is -0.0988. The fraction of sp³-hybridized carbons (Fsp3) is 0.136. The van der Waals surface area contributed by atoms with E-state index >= 15 is 0 Å². The van der Waals surface area contributed by atoms with Gasteiger partial charge in [0.05, 0.1) is 22.0 Å². The summed E-state index contributed by atoms with van der Waals surface area (Å²) in [7, 11) is 0. The average Bonchev–Trinajstić information content (AvgIpc) is 3.12. The number of carbonyl (C=O) groups is 1. The number of rotatable bonds is 4. The van der Waals surface area contributed by atoms with Gasteiger partial charge in [-0.3, -0.25) is 14.7 Å². The van der Waals surface area contributed by atoms with Gasteiger partial charge in [-0.1, -0.05) is 52.8 Å². The maximum atomic E-state index is 13.5. The molecule has 0 saturated carbocycles. The number of para-hydroxylation sites is 1. The first kappa shape index (κ1) is 18.6. The van der Waals surface area contributed by atoms with E-state index in [1.165, 1.54) is 11.3 Å². The zero-order valence-electron chi connectivity index (χ0n) is 15.5. The molecule has 2 aromatic carbocycles. The summed E-state index contributed by atoms with van der Waals surface area (Å²) in [6.45, 7) is 4.31. The standard InChI is InChI=1S/C22H18ClN3OS/c1-14-9-10-17(15(2)12-14)21(27)26(13-16-6-3-4-11-24-16)22-25-20-18(23)7-5-8-19(20)28-22/h3-12H,13H2,1-2H3. The number of amides is 1. The lowest BCUT2D eigenvalue weighted by Crippen LogP contribution is -2.31. The highest BCUT2D eigenvalue weighted by molar-refractivity contribution is 7.22. The van der Waals surface area contributed by atoms with Crippen molar-refractivity contribution in [3.63, 3.8) is 0 Å². The molecule has 0 spiro atoms. The molecule has 2 heterocycles. The zero-order valence-corrected chi connectivity index (χ0v) is 17.1. The SMILES string of the molecule is Cc1ccc(C(=O)N(Cc2ccccn2)c2nc3c(Cl)cccc3s2)c(C)c1. The Hall–Kier alpha value is -2.76. The topological polar surface area (TPSA) is 46.1 Å². The van der Waals surface area contributed by atoms with Crippen LogP contribution >= 0.6 is 22.9 Å². The molecule has 4 aromatic rings. The van der Waals surface area contributed by atoms with Crippen LogP contribution in [0.5, 0.6) is 0 Å². The summed E-state index contributed by atoms with van der Waals surface area (Å²) in [4.78, 5) is 24.2. The van der Waals surface area contributed by atoms with Crippen molar-refractivity contribution in [2.24, 2.45) is 0 Å². The zero-order chi connectivity index (χ0) is 19.7. The number of hydrogen-bond acceptors (Lipinski definition) is 4. The van der Waals surface area contributed by atoms with Gasteiger partial charge in [0, 0.05) is 11.8 Å². The first-order valence-electron chi connectivity index (χ1n) is 8.87. The second kappa shape index (κ2) is 7.70. The van der Waals surface area contributed by atoms with Crippen LogP contribution in [0.25, 0.3) is 10.2 Å². The van der Waals surface area contributed by atoms with Crippen molar-refractivity contribution in [2.45, 2.75) is 20.4 Å². The molecular weight excluding hydrogens is 390 g/mol. The van der Waals surface area contributed by atoms with Crippen LogP contribution in [0.15, 0.2) is 60.8 Å². The van der Waals surface area contributed by atoms with Gasteiger partial charge in [-0.25, -0.2) is 4.98 Å². The third-order valence-electron chi connectivity index (χ3n) is 4.49. The highest BCUT2D eigenvalue weighted by atomic mass is 35.5. The van der Waals surface area contributed by atoms with Crippen LogP contribution in [0.4, 0.5) is 5.13 Å². The quantitative estimate of drug-likeness (QED) is 0.429.